The van der Waals surface area contributed by atoms with Gasteiger partial charge < -0.3 is 4.74 Å². The predicted octanol–water partition coefficient (Wildman–Crippen LogP) is 2.54. The van der Waals surface area contributed by atoms with E-state index < -0.39 is 0 Å². The van der Waals surface area contributed by atoms with E-state index in [0.29, 0.717) is 13.0 Å². The van der Waals surface area contributed by atoms with Gasteiger partial charge in [0.25, 0.3) is 0 Å². The molecule has 0 heterocycles. The van der Waals surface area contributed by atoms with Crippen molar-refractivity contribution in [2.24, 2.45) is 5.41 Å². The van der Waals surface area contributed by atoms with Gasteiger partial charge in [0.05, 0.1) is 13.0 Å². The molecule has 2 nitrogen and oxygen atoms in total. The Morgan fingerprint density at radius 2 is 2.00 bits per heavy atom. The number of hydrogen-bond acceptors (Lipinski definition) is 2. The Bertz CT molecular complexity index is 163. The predicted molar refractivity (Wildman–Crippen MR) is 49.8 cm³/mol. The molecular formula is C10H18O2. The average Bonchev–Trinajstić information content (AvgIpc) is 1.84. The smallest absolute Gasteiger partial charge is 0.309 e. The molecule has 0 aromatic heterocycles. The molecule has 0 spiro atoms. The summed E-state index contributed by atoms with van der Waals surface area (Å²) in [5.74, 6) is -0.155. The molecule has 0 aliphatic carbocycles. The molecule has 0 rings (SSSR count). The maximum Gasteiger partial charge on any atom is 0.309 e. The van der Waals surface area contributed by atoms with Gasteiger partial charge in [0.1, 0.15) is 0 Å². The fourth-order valence-corrected chi connectivity index (χ4v) is 0.729. The number of esters is 1. The van der Waals surface area contributed by atoms with Crippen LogP contribution in [0.5, 0.6) is 0 Å². The zero-order valence-corrected chi connectivity index (χ0v) is 8.39. The maximum absolute atomic E-state index is 10.9. The van der Waals surface area contributed by atoms with Gasteiger partial charge in [0, 0.05) is 0 Å². The molecule has 0 atom stereocenters. The van der Waals surface area contributed by atoms with E-state index in [0.717, 1.165) is 0 Å². The van der Waals surface area contributed by atoms with E-state index in [1.54, 1.807) is 0 Å². The standard InChI is InChI=1S/C10H18O2/c1-5-12-9(11)7-6-8-10(2,3)4/h6,8H,5,7H2,1-4H3/b8-6+. The third-order valence-corrected chi connectivity index (χ3v) is 1.21. The molecule has 12 heavy (non-hydrogen) atoms. The molecule has 2 heteroatoms. The lowest BCUT2D eigenvalue weighted by Crippen LogP contribution is -2.03. The van der Waals surface area contributed by atoms with E-state index >= 15 is 0 Å². The molecule has 0 aromatic rings. The second-order valence-corrected chi connectivity index (χ2v) is 3.78. The molecule has 0 saturated carbocycles. The molecule has 0 radical (unpaired) electrons. The molecule has 0 unspecified atom stereocenters. The summed E-state index contributed by atoms with van der Waals surface area (Å²) in [5, 5.41) is 0. The van der Waals surface area contributed by atoms with Crippen LogP contribution >= 0.6 is 0 Å². The van der Waals surface area contributed by atoms with Gasteiger partial charge in [-0.2, -0.15) is 0 Å². The number of ether oxygens (including phenoxy) is 1. The average molecular weight is 170 g/mol. The van der Waals surface area contributed by atoms with Gasteiger partial charge in [-0.25, -0.2) is 0 Å². The van der Waals surface area contributed by atoms with Crippen molar-refractivity contribution in [2.45, 2.75) is 34.1 Å². The second kappa shape index (κ2) is 4.96. The molecule has 0 saturated heterocycles. The summed E-state index contributed by atoms with van der Waals surface area (Å²) in [5.41, 5.74) is 0.145. The van der Waals surface area contributed by atoms with Crippen molar-refractivity contribution in [3.05, 3.63) is 12.2 Å². The maximum atomic E-state index is 10.9. The van der Waals surface area contributed by atoms with Crippen LogP contribution in [0, 0.1) is 5.41 Å². The van der Waals surface area contributed by atoms with Crippen LogP contribution in [0.3, 0.4) is 0 Å². The summed E-state index contributed by atoms with van der Waals surface area (Å²) in [4.78, 5) is 10.9. The summed E-state index contributed by atoms with van der Waals surface area (Å²) in [7, 11) is 0. The molecule has 0 aromatic carbocycles. The molecule has 70 valence electrons. The number of rotatable bonds is 3. The van der Waals surface area contributed by atoms with Gasteiger partial charge in [-0.15, -0.1) is 0 Å². The lowest BCUT2D eigenvalue weighted by atomic mass is 9.96. The largest absolute Gasteiger partial charge is 0.466 e. The van der Waals surface area contributed by atoms with Crippen LogP contribution in [0.2, 0.25) is 0 Å². The van der Waals surface area contributed by atoms with E-state index in [9.17, 15) is 4.79 Å². The molecule has 0 amide bonds. The topological polar surface area (TPSA) is 26.3 Å². The Labute approximate surface area is 74.6 Å². The Balaban J connectivity index is 3.68. The highest BCUT2D eigenvalue weighted by Gasteiger charge is 2.04. The quantitative estimate of drug-likeness (QED) is 0.480. The van der Waals surface area contributed by atoms with Crippen LogP contribution in [-0.4, -0.2) is 12.6 Å². The third-order valence-electron chi connectivity index (χ3n) is 1.21. The summed E-state index contributed by atoms with van der Waals surface area (Å²) >= 11 is 0. The fraction of sp³-hybridized carbons (Fsp3) is 0.700. The van der Waals surface area contributed by atoms with Crippen molar-refractivity contribution in [2.75, 3.05) is 6.61 Å². The van der Waals surface area contributed by atoms with Crippen molar-refractivity contribution in [1.29, 1.82) is 0 Å². The highest BCUT2D eigenvalue weighted by Crippen LogP contribution is 2.14. The monoisotopic (exact) mass is 170 g/mol. The number of carbonyl (C=O) groups excluding carboxylic acids is 1. The van der Waals surface area contributed by atoms with Crippen LogP contribution in [0.15, 0.2) is 12.2 Å². The van der Waals surface area contributed by atoms with E-state index in [-0.39, 0.29) is 11.4 Å². The minimum Gasteiger partial charge on any atom is -0.466 e. The SMILES string of the molecule is CCOC(=O)C/C=C/C(C)(C)C. The first-order valence-corrected chi connectivity index (χ1v) is 4.29. The van der Waals surface area contributed by atoms with Gasteiger partial charge >= 0.3 is 5.97 Å². The first-order valence-electron chi connectivity index (χ1n) is 4.29. The molecule has 0 aliphatic rings. The van der Waals surface area contributed by atoms with Gasteiger partial charge in [-0.3, -0.25) is 4.79 Å². The van der Waals surface area contributed by atoms with Crippen molar-refractivity contribution in [3.63, 3.8) is 0 Å². The van der Waals surface area contributed by atoms with Crippen LogP contribution in [0.4, 0.5) is 0 Å². The van der Waals surface area contributed by atoms with Crippen molar-refractivity contribution >= 4 is 5.97 Å². The van der Waals surface area contributed by atoms with Crippen LogP contribution < -0.4 is 0 Å². The number of carbonyl (C=O) groups is 1. The highest BCUT2D eigenvalue weighted by atomic mass is 16.5. The third kappa shape index (κ3) is 7.32. The summed E-state index contributed by atoms with van der Waals surface area (Å²) in [6.45, 7) is 8.55. The minimum absolute atomic E-state index is 0.145. The zero-order chi connectivity index (χ0) is 9.61. The van der Waals surface area contributed by atoms with E-state index in [1.165, 1.54) is 0 Å². The lowest BCUT2D eigenvalue weighted by Gasteiger charge is -2.10. The van der Waals surface area contributed by atoms with Crippen molar-refractivity contribution < 1.29 is 9.53 Å². The first kappa shape index (κ1) is 11.2. The lowest BCUT2D eigenvalue weighted by molar-refractivity contribution is -0.142. The van der Waals surface area contributed by atoms with Crippen LogP contribution in [0.1, 0.15) is 34.1 Å². The van der Waals surface area contributed by atoms with E-state index in [1.807, 2.05) is 19.1 Å². The first-order chi connectivity index (χ1) is 5.45. The Morgan fingerprint density at radius 3 is 2.42 bits per heavy atom. The Morgan fingerprint density at radius 1 is 1.42 bits per heavy atom. The summed E-state index contributed by atoms with van der Waals surface area (Å²) < 4.78 is 4.77. The molecule has 0 bridgehead atoms. The van der Waals surface area contributed by atoms with Gasteiger partial charge in [0.15, 0.2) is 0 Å². The Hall–Kier alpha value is -0.790. The van der Waals surface area contributed by atoms with Gasteiger partial charge in [-0.1, -0.05) is 32.9 Å². The van der Waals surface area contributed by atoms with Crippen molar-refractivity contribution in [1.82, 2.24) is 0 Å². The number of allylic oxidation sites excluding steroid dienone is 1. The van der Waals surface area contributed by atoms with Crippen LogP contribution in [0.25, 0.3) is 0 Å². The van der Waals surface area contributed by atoms with Crippen LogP contribution in [-0.2, 0) is 9.53 Å². The molecule has 0 N–H and O–H groups in total. The van der Waals surface area contributed by atoms with E-state index in [4.69, 9.17) is 4.74 Å². The highest BCUT2D eigenvalue weighted by molar-refractivity contribution is 5.71. The fourth-order valence-electron chi connectivity index (χ4n) is 0.729. The molecule has 0 aliphatic heterocycles. The minimum atomic E-state index is -0.155. The van der Waals surface area contributed by atoms with E-state index in [2.05, 4.69) is 20.8 Å². The number of hydrogen-bond donors (Lipinski definition) is 0. The molecule has 0 fully saturated rings. The molecular weight excluding hydrogens is 152 g/mol. The van der Waals surface area contributed by atoms with Crippen molar-refractivity contribution in [3.8, 4) is 0 Å². The van der Waals surface area contributed by atoms with Gasteiger partial charge in [0.2, 0.25) is 0 Å². The second-order valence-electron chi connectivity index (χ2n) is 3.78. The Kier molecular flexibility index (Phi) is 4.64. The summed E-state index contributed by atoms with van der Waals surface area (Å²) in [6.07, 6.45) is 4.26. The summed E-state index contributed by atoms with van der Waals surface area (Å²) in [6, 6.07) is 0. The zero-order valence-electron chi connectivity index (χ0n) is 8.39. The van der Waals surface area contributed by atoms with Gasteiger partial charge in [-0.05, 0) is 12.3 Å². The normalized spacial score (nSPS) is 12.0.